The van der Waals surface area contributed by atoms with Gasteiger partial charge >= 0.3 is 0 Å². The molecule has 0 N–H and O–H groups in total. The van der Waals surface area contributed by atoms with Crippen molar-refractivity contribution in [2.24, 2.45) is 0 Å². The van der Waals surface area contributed by atoms with E-state index in [0.29, 0.717) is 5.82 Å². The van der Waals surface area contributed by atoms with Crippen molar-refractivity contribution < 1.29 is 0 Å². The van der Waals surface area contributed by atoms with Crippen molar-refractivity contribution in [3.63, 3.8) is 0 Å². The van der Waals surface area contributed by atoms with Crippen LogP contribution in [0.4, 0.5) is 0 Å². The van der Waals surface area contributed by atoms with Crippen LogP contribution in [-0.4, -0.2) is 15.0 Å². The van der Waals surface area contributed by atoms with Crippen LogP contribution in [0.15, 0.2) is 176 Å². The maximum Gasteiger partial charge on any atom is 0.160 e. The zero-order chi connectivity index (χ0) is 35.0. The van der Waals surface area contributed by atoms with Crippen LogP contribution < -0.4 is 0 Å². The molecule has 0 aliphatic carbocycles. The van der Waals surface area contributed by atoms with E-state index in [9.17, 15) is 0 Å². The fourth-order valence-corrected chi connectivity index (χ4v) is 7.20. The SMILES string of the molecule is Cc1ccc(-c2ccc(-c3cc(-c4ccc5ccc6ccccc6c5c4)cc(-c4nc(-c5ccccc5)cc(-c5ccccc5)n4)c3)cc2)c(C)n1. The average molecular weight is 666 g/mol. The average Bonchev–Trinajstić information content (AvgIpc) is 3.21. The van der Waals surface area contributed by atoms with Crippen molar-refractivity contribution in [3.05, 3.63) is 187 Å². The molecule has 0 amide bonds. The van der Waals surface area contributed by atoms with Gasteiger partial charge in [0, 0.05) is 33.6 Å². The van der Waals surface area contributed by atoms with Crippen LogP contribution in [-0.2, 0) is 0 Å². The summed E-state index contributed by atoms with van der Waals surface area (Å²) in [6.45, 7) is 4.11. The zero-order valence-corrected chi connectivity index (χ0v) is 29.1. The first-order valence-corrected chi connectivity index (χ1v) is 17.7. The number of nitrogens with zero attached hydrogens (tertiary/aromatic N) is 3. The van der Waals surface area contributed by atoms with Gasteiger partial charge in [-0.2, -0.15) is 0 Å². The van der Waals surface area contributed by atoms with Gasteiger partial charge in [-0.05, 0) is 99.6 Å². The third-order valence-corrected chi connectivity index (χ3v) is 9.89. The van der Waals surface area contributed by atoms with E-state index in [4.69, 9.17) is 15.0 Å². The lowest BCUT2D eigenvalue weighted by molar-refractivity contribution is 1.13. The van der Waals surface area contributed by atoms with Crippen molar-refractivity contribution in [2.75, 3.05) is 0 Å². The fourth-order valence-electron chi connectivity index (χ4n) is 7.20. The summed E-state index contributed by atoms with van der Waals surface area (Å²) in [6.07, 6.45) is 0. The van der Waals surface area contributed by atoms with Gasteiger partial charge in [-0.25, -0.2) is 9.97 Å². The summed E-state index contributed by atoms with van der Waals surface area (Å²) in [5.74, 6) is 0.688. The molecule has 3 nitrogen and oxygen atoms in total. The van der Waals surface area contributed by atoms with Crippen molar-refractivity contribution in [2.45, 2.75) is 13.8 Å². The highest BCUT2D eigenvalue weighted by atomic mass is 14.9. The maximum atomic E-state index is 5.21. The van der Waals surface area contributed by atoms with Crippen LogP contribution in [0.1, 0.15) is 11.4 Å². The van der Waals surface area contributed by atoms with Crippen molar-refractivity contribution >= 4 is 21.5 Å². The van der Waals surface area contributed by atoms with Gasteiger partial charge in [0.1, 0.15) is 0 Å². The molecule has 0 atom stereocenters. The summed E-state index contributed by atoms with van der Waals surface area (Å²) in [7, 11) is 0. The molecular weight excluding hydrogens is 631 g/mol. The smallest absolute Gasteiger partial charge is 0.160 e. The Bertz CT molecular complexity index is 2680. The molecule has 0 radical (unpaired) electrons. The lowest BCUT2D eigenvalue weighted by Crippen LogP contribution is -1.97. The Morgan fingerprint density at radius 3 is 1.54 bits per heavy atom. The quantitative estimate of drug-likeness (QED) is 0.166. The summed E-state index contributed by atoms with van der Waals surface area (Å²) >= 11 is 0. The van der Waals surface area contributed by atoms with E-state index in [1.54, 1.807) is 0 Å². The molecule has 0 saturated heterocycles. The van der Waals surface area contributed by atoms with Crippen LogP contribution in [0.3, 0.4) is 0 Å². The number of hydrogen-bond acceptors (Lipinski definition) is 3. The molecule has 0 aliphatic heterocycles. The molecule has 7 aromatic carbocycles. The molecule has 2 aromatic heterocycles. The van der Waals surface area contributed by atoms with E-state index in [-0.39, 0.29) is 0 Å². The molecule has 0 spiro atoms. The van der Waals surface area contributed by atoms with Crippen LogP contribution in [0.25, 0.3) is 88.8 Å². The van der Waals surface area contributed by atoms with E-state index in [2.05, 4.69) is 171 Å². The molecule has 0 fully saturated rings. The van der Waals surface area contributed by atoms with Crippen LogP contribution >= 0.6 is 0 Å². The maximum absolute atomic E-state index is 5.21. The summed E-state index contributed by atoms with van der Waals surface area (Å²) in [6, 6.07) is 62.4. The Morgan fingerprint density at radius 2 is 0.865 bits per heavy atom. The minimum atomic E-state index is 0.688. The normalized spacial score (nSPS) is 11.3. The molecule has 0 bridgehead atoms. The number of pyridine rings is 1. The van der Waals surface area contributed by atoms with Gasteiger partial charge in [0.25, 0.3) is 0 Å². The van der Waals surface area contributed by atoms with E-state index < -0.39 is 0 Å². The summed E-state index contributed by atoms with van der Waals surface area (Å²) in [5.41, 5.74) is 13.7. The summed E-state index contributed by atoms with van der Waals surface area (Å²) < 4.78 is 0. The van der Waals surface area contributed by atoms with Crippen molar-refractivity contribution in [1.29, 1.82) is 0 Å². The van der Waals surface area contributed by atoms with Gasteiger partial charge in [0.2, 0.25) is 0 Å². The molecule has 9 rings (SSSR count). The predicted molar refractivity (Wildman–Crippen MR) is 217 cm³/mol. The molecular formula is C49H35N3. The van der Waals surface area contributed by atoms with Crippen molar-refractivity contribution in [1.82, 2.24) is 15.0 Å². The Morgan fingerprint density at radius 1 is 0.327 bits per heavy atom. The Hall–Kier alpha value is -6.71. The second-order valence-electron chi connectivity index (χ2n) is 13.4. The standard InChI is InChI=1S/C49H35N3/c1-32-17-26-44(33(2)50-32)36-20-18-34(19-21-36)41-27-42(40-25-24-37-23-22-35-11-9-10-16-45(35)46(37)30-40)29-43(28-41)49-51-47(38-12-5-3-6-13-38)31-48(52-49)39-14-7-4-8-15-39/h3-31H,1-2H3. The number of aromatic nitrogens is 3. The lowest BCUT2D eigenvalue weighted by atomic mass is 9.92. The number of aryl methyl sites for hydroxylation is 2. The van der Waals surface area contributed by atoms with Crippen LogP contribution in [0.5, 0.6) is 0 Å². The van der Waals surface area contributed by atoms with Gasteiger partial charge in [-0.1, -0.05) is 140 Å². The molecule has 3 heteroatoms. The monoisotopic (exact) mass is 665 g/mol. The summed E-state index contributed by atoms with van der Waals surface area (Å²) in [5, 5.41) is 4.95. The first-order valence-electron chi connectivity index (χ1n) is 17.7. The second-order valence-corrected chi connectivity index (χ2v) is 13.4. The molecule has 9 aromatic rings. The van der Waals surface area contributed by atoms with Crippen molar-refractivity contribution in [3.8, 4) is 67.3 Å². The molecule has 0 unspecified atom stereocenters. The minimum Gasteiger partial charge on any atom is -0.258 e. The van der Waals surface area contributed by atoms with Crippen LogP contribution in [0.2, 0.25) is 0 Å². The summed E-state index contributed by atoms with van der Waals surface area (Å²) in [4.78, 5) is 15.1. The largest absolute Gasteiger partial charge is 0.258 e. The lowest BCUT2D eigenvalue weighted by Gasteiger charge is -2.14. The third kappa shape index (κ3) is 6.03. The van der Waals surface area contributed by atoms with E-state index in [1.165, 1.54) is 21.5 Å². The Balaban J connectivity index is 1.24. The van der Waals surface area contributed by atoms with E-state index in [0.717, 1.165) is 72.8 Å². The number of rotatable bonds is 6. The van der Waals surface area contributed by atoms with Gasteiger partial charge < -0.3 is 0 Å². The van der Waals surface area contributed by atoms with Gasteiger partial charge in [-0.15, -0.1) is 0 Å². The number of fused-ring (bicyclic) bond motifs is 3. The highest BCUT2D eigenvalue weighted by Crippen LogP contribution is 2.37. The van der Waals surface area contributed by atoms with E-state index in [1.807, 2.05) is 19.1 Å². The Labute approximate surface area is 304 Å². The Kier molecular flexibility index (Phi) is 7.94. The highest BCUT2D eigenvalue weighted by molar-refractivity contribution is 6.08. The zero-order valence-electron chi connectivity index (χ0n) is 29.1. The van der Waals surface area contributed by atoms with E-state index >= 15 is 0 Å². The molecule has 246 valence electrons. The first-order chi connectivity index (χ1) is 25.6. The van der Waals surface area contributed by atoms with Crippen LogP contribution in [0, 0.1) is 13.8 Å². The van der Waals surface area contributed by atoms with Gasteiger partial charge in [0.15, 0.2) is 5.82 Å². The number of benzene rings is 7. The minimum absolute atomic E-state index is 0.688. The first kappa shape index (κ1) is 31.3. The second kappa shape index (κ2) is 13.2. The fraction of sp³-hybridized carbons (Fsp3) is 0.0408. The molecule has 2 heterocycles. The number of hydrogen-bond donors (Lipinski definition) is 0. The topological polar surface area (TPSA) is 38.7 Å². The van der Waals surface area contributed by atoms with Gasteiger partial charge in [0.05, 0.1) is 11.4 Å². The molecule has 0 aliphatic rings. The third-order valence-electron chi connectivity index (χ3n) is 9.89. The molecule has 52 heavy (non-hydrogen) atoms. The van der Waals surface area contributed by atoms with Gasteiger partial charge in [-0.3, -0.25) is 4.98 Å². The predicted octanol–water partition coefficient (Wildman–Crippen LogP) is 12.8. The molecule has 0 saturated carbocycles. The highest BCUT2D eigenvalue weighted by Gasteiger charge is 2.15.